The van der Waals surface area contributed by atoms with Gasteiger partial charge in [-0.1, -0.05) is 12.1 Å². The summed E-state index contributed by atoms with van der Waals surface area (Å²) in [6.07, 6.45) is 3.62. The number of rotatable bonds is 5. The summed E-state index contributed by atoms with van der Waals surface area (Å²) < 4.78 is 1.03. The van der Waals surface area contributed by atoms with Crippen molar-refractivity contribution in [1.29, 1.82) is 0 Å². The van der Waals surface area contributed by atoms with Crippen LogP contribution >= 0.6 is 11.8 Å². The van der Waals surface area contributed by atoms with Gasteiger partial charge in [0, 0.05) is 18.1 Å². The number of hydrogen-bond donors (Lipinski definition) is 1. The van der Waals surface area contributed by atoms with Gasteiger partial charge in [-0.25, -0.2) is 4.68 Å². The first-order valence-electron chi connectivity index (χ1n) is 5.95. The Balaban J connectivity index is 2.02. The van der Waals surface area contributed by atoms with Gasteiger partial charge in [0.2, 0.25) is 0 Å². The Morgan fingerprint density at radius 1 is 1.37 bits per heavy atom. The molecule has 0 unspecified atom stereocenters. The van der Waals surface area contributed by atoms with Gasteiger partial charge in [-0.3, -0.25) is 4.79 Å². The van der Waals surface area contributed by atoms with Crippen molar-refractivity contribution in [1.82, 2.24) is 9.78 Å². The molecule has 0 radical (unpaired) electrons. The molecule has 5 heteroatoms. The number of thioether (sulfide) groups is 1. The van der Waals surface area contributed by atoms with E-state index in [9.17, 15) is 4.79 Å². The third-order valence-corrected chi connectivity index (χ3v) is 4.19. The lowest BCUT2D eigenvalue weighted by atomic mass is 10.2. The van der Waals surface area contributed by atoms with Crippen molar-refractivity contribution in [2.75, 3.05) is 0 Å². The van der Waals surface area contributed by atoms with Crippen LogP contribution in [0.15, 0.2) is 42.7 Å². The lowest BCUT2D eigenvalue weighted by molar-refractivity contribution is -0.138. The van der Waals surface area contributed by atoms with Crippen LogP contribution in [0.3, 0.4) is 0 Å². The van der Waals surface area contributed by atoms with Gasteiger partial charge in [-0.2, -0.15) is 5.10 Å². The molecule has 1 N–H and O–H groups in total. The van der Waals surface area contributed by atoms with Crippen molar-refractivity contribution in [3.8, 4) is 5.69 Å². The van der Waals surface area contributed by atoms with E-state index in [1.165, 1.54) is 11.8 Å². The van der Waals surface area contributed by atoms with Crippen LogP contribution in [0, 0.1) is 0 Å². The normalized spacial score (nSPS) is 11.5. The van der Waals surface area contributed by atoms with Gasteiger partial charge in [-0.05, 0) is 37.6 Å². The summed E-state index contributed by atoms with van der Waals surface area (Å²) in [7, 11) is 0. The molecule has 0 aliphatic heterocycles. The van der Waals surface area contributed by atoms with E-state index in [1.54, 1.807) is 24.7 Å². The molecule has 0 saturated carbocycles. The quantitative estimate of drug-likeness (QED) is 0.912. The molecular weight excluding hydrogens is 260 g/mol. The highest BCUT2D eigenvalue weighted by Crippen LogP contribution is 2.28. The molecule has 2 rings (SSSR count). The first-order chi connectivity index (χ1) is 8.99. The summed E-state index contributed by atoms with van der Waals surface area (Å²) in [5, 5.41) is 13.2. The Morgan fingerprint density at radius 2 is 2.05 bits per heavy atom. The number of carboxylic acid groups (broad SMARTS) is 1. The zero-order chi connectivity index (χ0) is 13.9. The molecule has 0 fully saturated rings. The molecule has 0 aliphatic carbocycles. The molecule has 1 aromatic carbocycles. The summed E-state index contributed by atoms with van der Waals surface area (Å²) in [5.41, 5.74) is 2.10. The Hall–Kier alpha value is -1.75. The minimum Gasteiger partial charge on any atom is -0.480 e. The first-order valence-corrected chi connectivity index (χ1v) is 6.94. The first kappa shape index (κ1) is 13.7. The van der Waals surface area contributed by atoms with Crippen molar-refractivity contribution < 1.29 is 9.90 Å². The van der Waals surface area contributed by atoms with Gasteiger partial charge < -0.3 is 5.11 Å². The summed E-state index contributed by atoms with van der Waals surface area (Å²) in [6.45, 7) is 3.44. The lowest BCUT2D eigenvalue weighted by Crippen LogP contribution is -2.27. The molecule has 4 nitrogen and oxygen atoms in total. The number of carbonyl (C=O) groups is 1. The minimum atomic E-state index is -0.786. The molecule has 0 saturated heterocycles. The van der Waals surface area contributed by atoms with Crippen LogP contribution in [-0.2, 0) is 10.5 Å². The van der Waals surface area contributed by atoms with Gasteiger partial charge in [0.1, 0.15) is 4.75 Å². The van der Waals surface area contributed by atoms with Gasteiger partial charge >= 0.3 is 5.97 Å². The fourth-order valence-electron chi connectivity index (χ4n) is 1.49. The molecule has 1 aromatic heterocycles. The summed E-state index contributed by atoms with van der Waals surface area (Å²) >= 11 is 1.42. The summed E-state index contributed by atoms with van der Waals surface area (Å²) in [4.78, 5) is 11.0. The van der Waals surface area contributed by atoms with Gasteiger partial charge in [-0.15, -0.1) is 11.8 Å². The van der Waals surface area contributed by atoms with Crippen molar-refractivity contribution in [3.05, 3.63) is 48.3 Å². The third kappa shape index (κ3) is 3.38. The molecule has 0 atom stereocenters. The van der Waals surface area contributed by atoms with Crippen LogP contribution in [-0.4, -0.2) is 25.6 Å². The smallest absolute Gasteiger partial charge is 0.319 e. The zero-order valence-corrected chi connectivity index (χ0v) is 11.7. The monoisotopic (exact) mass is 276 g/mol. The van der Waals surface area contributed by atoms with Crippen LogP contribution in [0.4, 0.5) is 0 Å². The number of aromatic nitrogens is 2. The SMILES string of the molecule is CC(C)(SCc1ccc(-n2cccn2)cc1)C(=O)O. The fourth-order valence-corrected chi connectivity index (χ4v) is 2.34. The topological polar surface area (TPSA) is 55.1 Å². The lowest BCUT2D eigenvalue weighted by Gasteiger charge is -2.18. The van der Waals surface area contributed by atoms with Crippen molar-refractivity contribution >= 4 is 17.7 Å². The zero-order valence-electron chi connectivity index (χ0n) is 10.9. The van der Waals surface area contributed by atoms with E-state index in [0.717, 1.165) is 11.3 Å². The van der Waals surface area contributed by atoms with E-state index in [4.69, 9.17) is 5.11 Å². The number of benzene rings is 1. The van der Waals surface area contributed by atoms with Crippen molar-refractivity contribution in [3.63, 3.8) is 0 Å². The van der Waals surface area contributed by atoms with Crippen molar-refractivity contribution in [2.24, 2.45) is 0 Å². The molecule has 2 aromatic rings. The van der Waals surface area contributed by atoms with Gasteiger partial charge in [0.05, 0.1) is 5.69 Å². The van der Waals surface area contributed by atoms with E-state index >= 15 is 0 Å². The number of nitrogens with zero attached hydrogens (tertiary/aromatic N) is 2. The predicted octanol–water partition coefficient (Wildman–Crippen LogP) is 2.97. The van der Waals surface area contributed by atoms with Gasteiger partial charge in [0.15, 0.2) is 0 Å². The van der Waals surface area contributed by atoms with E-state index in [1.807, 2.05) is 36.5 Å². The second-order valence-electron chi connectivity index (χ2n) is 4.72. The molecular formula is C14H16N2O2S. The highest BCUT2D eigenvalue weighted by atomic mass is 32.2. The largest absolute Gasteiger partial charge is 0.480 e. The van der Waals surface area contributed by atoms with Crippen LogP contribution in [0.25, 0.3) is 5.69 Å². The fraction of sp³-hybridized carbons (Fsp3) is 0.286. The predicted molar refractivity (Wildman–Crippen MR) is 76.6 cm³/mol. The maximum absolute atomic E-state index is 11.0. The molecule has 0 spiro atoms. The molecule has 0 aliphatic rings. The number of carboxylic acids is 1. The maximum Gasteiger partial charge on any atom is 0.319 e. The van der Waals surface area contributed by atoms with E-state index in [0.29, 0.717) is 5.75 Å². The Bertz CT molecular complexity index is 547. The standard InChI is InChI=1S/C14H16N2O2S/c1-14(2,13(17)18)19-10-11-4-6-12(7-5-11)16-9-3-8-15-16/h3-9H,10H2,1-2H3,(H,17,18). The summed E-state index contributed by atoms with van der Waals surface area (Å²) in [6, 6.07) is 9.84. The van der Waals surface area contributed by atoms with Crippen LogP contribution < -0.4 is 0 Å². The second kappa shape index (κ2) is 5.48. The molecule has 0 bridgehead atoms. The second-order valence-corrected chi connectivity index (χ2v) is 6.32. The van der Waals surface area contributed by atoms with Crippen LogP contribution in [0.5, 0.6) is 0 Å². The number of aliphatic carboxylic acids is 1. The maximum atomic E-state index is 11.0. The van der Waals surface area contributed by atoms with Gasteiger partial charge in [0.25, 0.3) is 0 Å². The van der Waals surface area contributed by atoms with E-state index in [-0.39, 0.29) is 0 Å². The molecule has 0 amide bonds. The molecule has 1 heterocycles. The average Bonchev–Trinajstić information content (AvgIpc) is 2.91. The van der Waals surface area contributed by atoms with Crippen LogP contribution in [0.1, 0.15) is 19.4 Å². The molecule has 19 heavy (non-hydrogen) atoms. The Labute approximate surface area is 116 Å². The van der Waals surface area contributed by atoms with E-state index in [2.05, 4.69) is 5.10 Å². The van der Waals surface area contributed by atoms with Crippen molar-refractivity contribution in [2.45, 2.75) is 24.3 Å². The number of hydrogen-bond acceptors (Lipinski definition) is 3. The minimum absolute atomic E-state index is 0.679. The van der Waals surface area contributed by atoms with Crippen LogP contribution in [0.2, 0.25) is 0 Å². The Morgan fingerprint density at radius 3 is 2.58 bits per heavy atom. The molecule has 100 valence electrons. The highest BCUT2D eigenvalue weighted by molar-refractivity contribution is 8.00. The Kier molecular flexibility index (Phi) is 3.95. The highest BCUT2D eigenvalue weighted by Gasteiger charge is 2.27. The third-order valence-electron chi connectivity index (χ3n) is 2.82. The van der Waals surface area contributed by atoms with E-state index < -0.39 is 10.7 Å². The average molecular weight is 276 g/mol. The summed E-state index contributed by atoms with van der Waals surface area (Å²) in [5.74, 6) is -0.107.